The molecule has 0 aliphatic heterocycles. The summed E-state index contributed by atoms with van der Waals surface area (Å²) in [5, 5.41) is 4.96. The number of anilines is 3. The number of hydrogen-bond acceptors (Lipinski definition) is 1. The molecule has 0 fully saturated rings. The van der Waals surface area contributed by atoms with Gasteiger partial charge in [0.25, 0.3) is 0 Å². The van der Waals surface area contributed by atoms with Gasteiger partial charge in [-0.1, -0.05) is 246 Å². The van der Waals surface area contributed by atoms with Gasteiger partial charge in [-0.25, -0.2) is 0 Å². The van der Waals surface area contributed by atoms with Crippen molar-refractivity contribution in [3.05, 3.63) is 305 Å². The molecule has 76 heavy (non-hydrogen) atoms. The van der Waals surface area contributed by atoms with E-state index in [4.69, 9.17) is 0 Å². The van der Waals surface area contributed by atoms with Gasteiger partial charge >= 0.3 is 0 Å². The van der Waals surface area contributed by atoms with Crippen molar-refractivity contribution < 1.29 is 0 Å². The van der Waals surface area contributed by atoms with Crippen LogP contribution in [0, 0.1) is 0 Å². The third-order valence-corrected chi connectivity index (χ3v) is 17.7. The number of rotatable bonds is 7. The molecule has 360 valence electrons. The van der Waals surface area contributed by atoms with Crippen molar-refractivity contribution >= 4 is 38.6 Å². The van der Waals surface area contributed by atoms with E-state index >= 15 is 0 Å². The predicted octanol–water partition coefficient (Wildman–Crippen LogP) is 19.8. The van der Waals surface area contributed by atoms with Gasteiger partial charge in [0.2, 0.25) is 0 Å². The summed E-state index contributed by atoms with van der Waals surface area (Å²) in [4.78, 5) is 2.48. The lowest BCUT2D eigenvalue weighted by Crippen LogP contribution is -2.28. The fraction of sp³-hybridized carbons (Fsp3) is 0.0933. The first-order chi connectivity index (χ1) is 37.2. The lowest BCUT2D eigenvalue weighted by atomic mass is 9.67. The van der Waals surface area contributed by atoms with Crippen molar-refractivity contribution in [3.63, 3.8) is 0 Å². The van der Waals surface area contributed by atoms with Gasteiger partial charge in [0.05, 0.1) is 5.41 Å². The van der Waals surface area contributed by atoms with E-state index < -0.39 is 5.41 Å². The summed E-state index contributed by atoms with van der Waals surface area (Å²) in [6, 6.07) is 98.3. The van der Waals surface area contributed by atoms with E-state index in [0.717, 1.165) is 17.1 Å². The maximum Gasteiger partial charge on any atom is 0.0713 e. The zero-order valence-corrected chi connectivity index (χ0v) is 43.3. The lowest BCUT2D eigenvalue weighted by molar-refractivity contribution is 0.660. The Morgan fingerprint density at radius 3 is 1.08 bits per heavy atom. The number of fused-ring (bicyclic) bond motifs is 11. The van der Waals surface area contributed by atoms with Crippen LogP contribution in [0.2, 0.25) is 0 Å². The highest BCUT2D eigenvalue weighted by atomic mass is 15.1. The maximum atomic E-state index is 2.52. The van der Waals surface area contributed by atoms with Crippen LogP contribution in [0.5, 0.6) is 0 Å². The fourth-order valence-corrected chi connectivity index (χ4v) is 14.2. The molecule has 0 spiro atoms. The SMILES string of the molecule is CC1(C)c2ccccc2-c2ccc(N(c3ccc(-c4c5ccccc5c(-c5ccc6c(c5)C(c5ccccc5)(c5ccccc5)c5ccccc5-6)c5ccccc45)cc3)c3ccc4c(c3)C(C)(C)c3ccccc3-4)cc21. The molecule has 1 heteroatoms. The Hall–Kier alpha value is -9.04. The van der Waals surface area contributed by atoms with Crippen molar-refractivity contribution in [2.45, 2.75) is 43.9 Å². The normalized spacial score (nSPS) is 14.6. The van der Waals surface area contributed by atoms with Crippen LogP contribution in [0.15, 0.2) is 261 Å². The molecule has 0 amide bonds. The monoisotopic (exact) mass is 969 g/mol. The third-order valence-electron chi connectivity index (χ3n) is 17.7. The van der Waals surface area contributed by atoms with Crippen LogP contribution >= 0.6 is 0 Å². The summed E-state index contributed by atoms with van der Waals surface area (Å²) >= 11 is 0. The largest absolute Gasteiger partial charge is 0.310 e. The van der Waals surface area contributed by atoms with Gasteiger partial charge in [-0.3, -0.25) is 0 Å². The zero-order valence-electron chi connectivity index (χ0n) is 43.3. The van der Waals surface area contributed by atoms with Crippen LogP contribution in [0.25, 0.3) is 77.2 Å². The number of benzene rings is 12. The summed E-state index contributed by atoms with van der Waals surface area (Å²) in [6.45, 7) is 9.51. The molecule has 0 N–H and O–H groups in total. The first-order valence-corrected chi connectivity index (χ1v) is 26.9. The van der Waals surface area contributed by atoms with Crippen molar-refractivity contribution in [1.29, 1.82) is 0 Å². The standard InChI is InChI=1S/C75H55N/c1-73(2)65-32-18-15-25-55(65)58-43-40-53(46-68(58)73)76(54-41-44-59-56-26-16-19-33-66(56)74(3,4)69(59)47-54)52-38-35-48(36-39-52)71-61-28-11-13-30-63(61)72(64-31-14-12-29-62(64)71)49-37-42-60-57-27-17-20-34-67(57)75(70(60)45-49,50-21-7-5-8-22-50)51-23-9-6-10-24-51/h5-47H,1-4H3. The van der Waals surface area contributed by atoms with Gasteiger partial charge in [-0.15, -0.1) is 0 Å². The Kier molecular flexibility index (Phi) is 9.64. The van der Waals surface area contributed by atoms with Crippen LogP contribution < -0.4 is 4.90 Å². The van der Waals surface area contributed by atoms with Gasteiger partial charge in [0.1, 0.15) is 0 Å². The quantitative estimate of drug-likeness (QED) is 0.144. The Morgan fingerprint density at radius 1 is 0.250 bits per heavy atom. The third kappa shape index (κ3) is 6.20. The Balaban J connectivity index is 0.899. The summed E-state index contributed by atoms with van der Waals surface area (Å²) < 4.78 is 0. The molecule has 0 atom stereocenters. The second-order valence-corrected chi connectivity index (χ2v) is 22.3. The average molecular weight is 970 g/mol. The molecule has 0 aromatic heterocycles. The second-order valence-electron chi connectivity index (χ2n) is 22.3. The van der Waals surface area contributed by atoms with Crippen molar-refractivity contribution in [2.75, 3.05) is 4.90 Å². The molecule has 12 aromatic rings. The molecule has 0 saturated heterocycles. The lowest BCUT2D eigenvalue weighted by Gasteiger charge is -2.34. The Bertz CT molecular complexity index is 4130. The van der Waals surface area contributed by atoms with Crippen molar-refractivity contribution in [2.24, 2.45) is 0 Å². The number of hydrogen-bond donors (Lipinski definition) is 0. The van der Waals surface area contributed by atoms with Crippen LogP contribution in [-0.4, -0.2) is 0 Å². The molecule has 15 rings (SSSR count). The van der Waals surface area contributed by atoms with E-state index in [1.165, 1.54) is 122 Å². The summed E-state index contributed by atoms with van der Waals surface area (Å²) in [5.41, 5.74) is 26.1. The molecule has 0 unspecified atom stereocenters. The molecule has 3 aliphatic rings. The topological polar surface area (TPSA) is 3.24 Å². The molecule has 0 saturated carbocycles. The smallest absolute Gasteiger partial charge is 0.0713 e. The summed E-state index contributed by atoms with van der Waals surface area (Å²) in [6.07, 6.45) is 0. The van der Waals surface area contributed by atoms with Gasteiger partial charge in [-0.05, 0) is 164 Å². The van der Waals surface area contributed by atoms with E-state index in [9.17, 15) is 0 Å². The molecule has 0 heterocycles. The molecular weight excluding hydrogens is 915 g/mol. The Labute approximate surface area is 446 Å². The number of nitrogens with zero attached hydrogens (tertiary/aromatic N) is 1. The van der Waals surface area contributed by atoms with E-state index in [1.807, 2.05) is 0 Å². The molecular formula is C75H55N. The molecule has 3 aliphatic carbocycles. The van der Waals surface area contributed by atoms with Crippen LogP contribution in [0.1, 0.15) is 72.2 Å². The highest BCUT2D eigenvalue weighted by Gasteiger charge is 2.46. The highest BCUT2D eigenvalue weighted by Crippen LogP contribution is 2.58. The molecule has 0 radical (unpaired) electrons. The first-order valence-electron chi connectivity index (χ1n) is 26.9. The average Bonchev–Trinajstić information content (AvgIpc) is 4.07. The van der Waals surface area contributed by atoms with E-state index in [1.54, 1.807) is 0 Å². The van der Waals surface area contributed by atoms with Crippen molar-refractivity contribution in [3.8, 4) is 55.6 Å². The van der Waals surface area contributed by atoms with Gasteiger partial charge in [0.15, 0.2) is 0 Å². The highest BCUT2D eigenvalue weighted by molar-refractivity contribution is 6.21. The van der Waals surface area contributed by atoms with Crippen molar-refractivity contribution in [1.82, 2.24) is 0 Å². The zero-order chi connectivity index (χ0) is 50.9. The fourth-order valence-electron chi connectivity index (χ4n) is 14.2. The summed E-state index contributed by atoms with van der Waals surface area (Å²) in [7, 11) is 0. The minimum absolute atomic E-state index is 0.134. The molecule has 0 bridgehead atoms. The van der Waals surface area contributed by atoms with E-state index in [2.05, 4.69) is 293 Å². The predicted molar refractivity (Wildman–Crippen MR) is 319 cm³/mol. The second kappa shape index (κ2) is 16.5. The minimum Gasteiger partial charge on any atom is -0.310 e. The van der Waals surface area contributed by atoms with Crippen LogP contribution in [-0.2, 0) is 16.2 Å². The van der Waals surface area contributed by atoms with Gasteiger partial charge in [0, 0.05) is 27.9 Å². The van der Waals surface area contributed by atoms with Crippen LogP contribution in [0.4, 0.5) is 17.1 Å². The first kappa shape index (κ1) is 44.4. The maximum absolute atomic E-state index is 2.52. The van der Waals surface area contributed by atoms with Crippen LogP contribution in [0.3, 0.4) is 0 Å². The minimum atomic E-state index is -0.492. The van der Waals surface area contributed by atoms with E-state index in [0.29, 0.717) is 0 Å². The van der Waals surface area contributed by atoms with Gasteiger partial charge in [-0.2, -0.15) is 0 Å². The molecule has 12 aromatic carbocycles. The molecule has 1 nitrogen and oxygen atoms in total. The summed E-state index contributed by atoms with van der Waals surface area (Å²) in [5.74, 6) is 0. The van der Waals surface area contributed by atoms with E-state index in [-0.39, 0.29) is 10.8 Å². The van der Waals surface area contributed by atoms with Gasteiger partial charge < -0.3 is 4.90 Å². The Morgan fingerprint density at radius 2 is 0.592 bits per heavy atom.